The van der Waals surface area contributed by atoms with E-state index in [2.05, 4.69) is 11.9 Å². The van der Waals surface area contributed by atoms with E-state index in [1.807, 2.05) is 19.1 Å². The molecule has 0 radical (unpaired) electrons. The Bertz CT molecular complexity index is 428. The van der Waals surface area contributed by atoms with E-state index in [9.17, 15) is 9.90 Å². The predicted molar refractivity (Wildman–Crippen MR) is 67.4 cm³/mol. The monoisotopic (exact) mass is 233 g/mol. The summed E-state index contributed by atoms with van der Waals surface area (Å²) in [4.78, 5) is 13.5. The van der Waals surface area contributed by atoms with Crippen molar-refractivity contribution >= 4 is 5.97 Å². The van der Waals surface area contributed by atoms with Gasteiger partial charge in [0.1, 0.15) is 0 Å². The van der Waals surface area contributed by atoms with Crippen LogP contribution in [0.25, 0.3) is 0 Å². The lowest BCUT2D eigenvalue weighted by atomic mass is 9.94. The van der Waals surface area contributed by atoms with Gasteiger partial charge in [-0.1, -0.05) is 17.7 Å². The standard InChI is InChI=1S/C14H19NO2/c1-10-3-4-12(13(7-10)14(16)17)8-11-5-6-15(2)9-11/h3-4,7,11H,5-6,8-9H2,1-2H3,(H,16,17). The van der Waals surface area contributed by atoms with Crippen molar-refractivity contribution in [3.63, 3.8) is 0 Å². The second kappa shape index (κ2) is 4.88. The molecule has 0 amide bonds. The fraction of sp³-hybridized carbons (Fsp3) is 0.500. The smallest absolute Gasteiger partial charge is 0.335 e. The van der Waals surface area contributed by atoms with E-state index in [0.717, 1.165) is 30.6 Å². The summed E-state index contributed by atoms with van der Waals surface area (Å²) in [5.41, 5.74) is 2.46. The number of aromatic carboxylic acids is 1. The molecule has 1 aliphatic rings. The third-order valence-corrected chi connectivity index (χ3v) is 3.49. The van der Waals surface area contributed by atoms with Crippen molar-refractivity contribution in [2.45, 2.75) is 19.8 Å². The molecule has 0 aromatic heterocycles. The van der Waals surface area contributed by atoms with Crippen molar-refractivity contribution < 1.29 is 9.90 Å². The summed E-state index contributed by atoms with van der Waals surface area (Å²) in [7, 11) is 2.12. The summed E-state index contributed by atoms with van der Waals surface area (Å²) in [6, 6.07) is 5.74. The van der Waals surface area contributed by atoms with Gasteiger partial charge < -0.3 is 10.0 Å². The molecule has 1 aliphatic heterocycles. The van der Waals surface area contributed by atoms with Crippen molar-refractivity contribution in [2.75, 3.05) is 20.1 Å². The number of carboxylic acids is 1. The molecule has 92 valence electrons. The quantitative estimate of drug-likeness (QED) is 0.870. The van der Waals surface area contributed by atoms with Crippen LogP contribution in [0.3, 0.4) is 0 Å². The Labute approximate surface area is 102 Å². The van der Waals surface area contributed by atoms with E-state index in [1.165, 1.54) is 6.42 Å². The average Bonchev–Trinajstić information content (AvgIpc) is 2.66. The second-order valence-corrected chi connectivity index (χ2v) is 5.09. The zero-order valence-electron chi connectivity index (χ0n) is 10.4. The summed E-state index contributed by atoms with van der Waals surface area (Å²) in [5, 5.41) is 9.21. The maximum absolute atomic E-state index is 11.2. The molecule has 1 atom stereocenters. The Morgan fingerprint density at radius 3 is 2.88 bits per heavy atom. The highest BCUT2D eigenvalue weighted by molar-refractivity contribution is 5.89. The fourth-order valence-electron chi connectivity index (χ4n) is 2.57. The van der Waals surface area contributed by atoms with Crippen LogP contribution in [-0.4, -0.2) is 36.1 Å². The minimum Gasteiger partial charge on any atom is -0.478 e. The number of nitrogens with zero attached hydrogens (tertiary/aromatic N) is 1. The molecule has 0 saturated carbocycles. The number of likely N-dealkylation sites (tertiary alicyclic amines) is 1. The maximum atomic E-state index is 11.2. The third-order valence-electron chi connectivity index (χ3n) is 3.49. The summed E-state index contributed by atoms with van der Waals surface area (Å²) in [6.07, 6.45) is 2.05. The highest BCUT2D eigenvalue weighted by Crippen LogP contribution is 2.22. The van der Waals surface area contributed by atoms with E-state index < -0.39 is 5.97 Å². The molecule has 1 aromatic rings. The molecule has 1 aromatic carbocycles. The van der Waals surface area contributed by atoms with Crippen LogP contribution >= 0.6 is 0 Å². The van der Waals surface area contributed by atoms with Gasteiger partial charge in [-0.25, -0.2) is 4.79 Å². The van der Waals surface area contributed by atoms with E-state index in [1.54, 1.807) is 6.07 Å². The van der Waals surface area contributed by atoms with Gasteiger partial charge in [-0.2, -0.15) is 0 Å². The Morgan fingerprint density at radius 2 is 2.29 bits per heavy atom. The zero-order valence-corrected chi connectivity index (χ0v) is 10.4. The molecule has 17 heavy (non-hydrogen) atoms. The Balaban J connectivity index is 2.17. The van der Waals surface area contributed by atoms with E-state index in [0.29, 0.717) is 11.5 Å². The number of hydrogen-bond acceptors (Lipinski definition) is 2. The molecule has 3 heteroatoms. The molecule has 1 heterocycles. The molecular formula is C14H19NO2. The Morgan fingerprint density at radius 1 is 1.53 bits per heavy atom. The van der Waals surface area contributed by atoms with Gasteiger partial charge in [0.05, 0.1) is 5.56 Å². The molecule has 0 spiro atoms. The van der Waals surface area contributed by atoms with Crippen LogP contribution < -0.4 is 0 Å². The molecule has 1 N–H and O–H groups in total. The van der Waals surface area contributed by atoms with Crippen molar-refractivity contribution in [3.8, 4) is 0 Å². The lowest BCUT2D eigenvalue weighted by molar-refractivity contribution is 0.0695. The molecule has 2 rings (SSSR count). The number of hydrogen-bond donors (Lipinski definition) is 1. The van der Waals surface area contributed by atoms with E-state index in [-0.39, 0.29) is 0 Å². The van der Waals surface area contributed by atoms with Crippen molar-refractivity contribution in [1.82, 2.24) is 4.90 Å². The molecule has 1 unspecified atom stereocenters. The van der Waals surface area contributed by atoms with Gasteiger partial charge >= 0.3 is 5.97 Å². The third kappa shape index (κ3) is 2.86. The minimum atomic E-state index is -0.810. The van der Waals surface area contributed by atoms with Crippen LogP contribution in [0.4, 0.5) is 0 Å². The fourth-order valence-corrected chi connectivity index (χ4v) is 2.57. The number of benzene rings is 1. The largest absolute Gasteiger partial charge is 0.478 e. The summed E-state index contributed by atoms with van der Waals surface area (Å²) < 4.78 is 0. The van der Waals surface area contributed by atoms with Crippen molar-refractivity contribution in [3.05, 3.63) is 34.9 Å². The van der Waals surface area contributed by atoms with Crippen LogP contribution in [0, 0.1) is 12.8 Å². The number of carboxylic acid groups (broad SMARTS) is 1. The summed E-state index contributed by atoms with van der Waals surface area (Å²) >= 11 is 0. The first kappa shape index (κ1) is 12.1. The summed E-state index contributed by atoms with van der Waals surface area (Å²) in [6.45, 7) is 4.13. The SMILES string of the molecule is Cc1ccc(CC2CCN(C)C2)c(C(=O)O)c1. The van der Waals surface area contributed by atoms with Gasteiger partial charge in [-0.15, -0.1) is 0 Å². The first-order chi connectivity index (χ1) is 8.06. The van der Waals surface area contributed by atoms with Gasteiger partial charge in [0.2, 0.25) is 0 Å². The van der Waals surface area contributed by atoms with Gasteiger partial charge in [0.25, 0.3) is 0 Å². The minimum absolute atomic E-state index is 0.472. The highest BCUT2D eigenvalue weighted by atomic mass is 16.4. The van der Waals surface area contributed by atoms with Crippen LogP contribution in [0.1, 0.15) is 27.9 Å². The second-order valence-electron chi connectivity index (χ2n) is 5.09. The number of carbonyl (C=O) groups is 1. The normalized spacial score (nSPS) is 20.7. The van der Waals surface area contributed by atoms with Crippen LogP contribution in [0.5, 0.6) is 0 Å². The van der Waals surface area contributed by atoms with Crippen LogP contribution in [0.2, 0.25) is 0 Å². The lowest BCUT2D eigenvalue weighted by Crippen LogP contribution is -2.16. The Kier molecular flexibility index (Phi) is 3.48. The van der Waals surface area contributed by atoms with Crippen LogP contribution in [-0.2, 0) is 6.42 Å². The molecule has 0 bridgehead atoms. The van der Waals surface area contributed by atoms with Gasteiger partial charge in [0.15, 0.2) is 0 Å². The predicted octanol–water partition coefficient (Wildman–Crippen LogP) is 2.19. The summed E-state index contributed by atoms with van der Waals surface area (Å²) in [5.74, 6) is -0.212. The highest BCUT2D eigenvalue weighted by Gasteiger charge is 2.21. The van der Waals surface area contributed by atoms with Crippen LogP contribution in [0.15, 0.2) is 18.2 Å². The van der Waals surface area contributed by atoms with Gasteiger partial charge in [0, 0.05) is 6.54 Å². The molecule has 0 aliphatic carbocycles. The molecule has 1 saturated heterocycles. The van der Waals surface area contributed by atoms with Gasteiger partial charge in [-0.3, -0.25) is 0 Å². The van der Waals surface area contributed by atoms with Crippen molar-refractivity contribution in [1.29, 1.82) is 0 Å². The molecule has 3 nitrogen and oxygen atoms in total. The molecule has 1 fully saturated rings. The van der Waals surface area contributed by atoms with Gasteiger partial charge in [-0.05, 0) is 50.9 Å². The molecular weight excluding hydrogens is 214 g/mol. The maximum Gasteiger partial charge on any atom is 0.335 e. The number of aryl methyl sites for hydroxylation is 1. The lowest BCUT2D eigenvalue weighted by Gasteiger charge is -2.13. The topological polar surface area (TPSA) is 40.5 Å². The first-order valence-electron chi connectivity index (χ1n) is 6.07. The first-order valence-corrected chi connectivity index (χ1v) is 6.07. The zero-order chi connectivity index (χ0) is 12.4. The average molecular weight is 233 g/mol. The Hall–Kier alpha value is -1.35. The number of rotatable bonds is 3. The van der Waals surface area contributed by atoms with Crippen molar-refractivity contribution in [2.24, 2.45) is 5.92 Å². The van der Waals surface area contributed by atoms with E-state index >= 15 is 0 Å². The van der Waals surface area contributed by atoms with E-state index in [4.69, 9.17) is 0 Å².